The van der Waals surface area contributed by atoms with Gasteiger partial charge in [0.25, 0.3) is 0 Å². The summed E-state index contributed by atoms with van der Waals surface area (Å²) in [5, 5.41) is 9.85. The number of aryl methyl sites for hydroxylation is 1. The molecule has 2 aromatic rings. The molecular weight excluding hydrogens is 332 g/mol. The summed E-state index contributed by atoms with van der Waals surface area (Å²) < 4.78 is 4.81. The quantitative estimate of drug-likeness (QED) is 0.644. The van der Waals surface area contributed by atoms with Gasteiger partial charge in [-0.05, 0) is 60.5 Å². The number of ether oxygens (including phenoxy) is 1. The van der Waals surface area contributed by atoms with Gasteiger partial charge in [0.1, 0.15) is 0 Å². The summed E-state index contributed by atoms with van der Waals surface area (Å²) in [4.78, 5) is 14.0. The van der Waals surface area contributed by atoms with Crippen LogP contribution in [0.15, 0.2) is 58.3 Å². The first-order chi connectivity index (χ1) is 11.0. The average molecular weight is 349 g/mol. The van der Waals surface area contributed by atoms with E-state index in [1.54, 1.807) is 11.8 Å². The van der Waals surface area contributed by atoms with E-state index in [0.717, 1.165) is 20.9 Å². The Hall–Kier alpha value is -1.75. The maximum atomic E-state index is 11.9. The molecule has 0 aliphatic heterocycles. The number of carbonyl (C=O) groups excluding carboxylic acids is 1. The Morgan fingerprint density at radius 1 is 1.22 bits per heavy atom. The zero-order valence-corrected chi connectivity index (χ0v) is 14.4. The molecule has 0 bridgehead atoms. The second kappa shape index (κ2) is 8.20. The fourth-order valence-electron chi connectivity index (χ4n) is 2.10. The van der Waals surface area contributed by atoms with Crippen LogP contribution in [-0.2, 0) is 9.53 Å². The van der Waals surface area contributed by atoms with E-state index < -0.39 is 5.97 Å². The fraction of sp³-hybridized carbons (Fsp3) is 0.167. The average Bonchev–Trinajstić information content (AvgIpc) is 2.56. The van der Waals surface area contributed by atoms with Gasteiger partial charge in [0.2, 0.25) is 0 Å². The van der Waals surface area contributed by atoms with Crippen molar-refractivity contribution in [1.82, 2.24) is 0 Å². The first-order valence-corrected chi connectivity index (χ1v) is 8.18. The van der Waals surface area contributed by atoms with Crippen molar-refractivity contribution in [3.63, 3.8) is 0 Å². The van der Waals surface area contributed by atoms with Gasteiger partial charge in [-0.3, -0.25) is 0 Å². The highest BCUT2D eigenvalue weighted by atomic mass is 35.5. The lowest BCUT2D eigenvalue weighted by Gasteiger charge is -2.11. The first-order valence-electron chi connectivity index (χ1n) is 6.99. The largest absolute Gasteiger partial charge is 0.465 e. The highest BCUT2D eigenvalue weighted by Gasteiger charge is 2.15. The van der Waals surface area contributed by atoms with Crippen LogP contribution in [0.3, 0.4) is 0 Å². The molecule has 0 fully saturated rings. The Morgan fingerprint density at radius 3 is 2.48 bits per heavy atom. The molecule has 23 heavy (non-hydrogen) atoms. The van der Waals surface area contributed by atoms with Crippen LogP contribution in [0.2, 0.25) is 5.02 Å². The highest BCUT2D eigenvalue weighted by Crippen LogP contribution is 2.32. The van der Waals surface area contributed by atoms with Crippen molar-refractivity contribution in [3.05, 3.63) is 64.7 Å². The Balaban J connectivity index is 2.36. The summed E-state index contributed by atoms with van der Waals surface area (Å²) in [7, 11) is 1.33. The van der Waals surface area contributed by atoms with E-state index >= 15 is 0 Å². The van der Waals surface area contributed by atoms with Crippen molar-refractivity contribution in [3.8, 4) is 0 Å². The van der Waals surface area contributed by atoms with Crippen molar-refractivity contribution in [2.75, 3.05) is 13.7 Å². The molecule has 0 saturated carbocycles. The predicted octanol–water partition coefficient (Wildman–Crippen LogP) is 4.35. The van der Waals surface area contributed by atoms with Gasteiger partial charge in [-0.2, -0.15) is 0 Å². The van der Waals surface area contributed by atoms with Crippen LogP contribution in [-0.4, -0.2) is 24.8 Å². The minimum absolute atomic E-state index is 0.224. The molecule has 0 amide bonds. The lowest BCUT2D eigenvalue weighted by atomic mass is 10.0. The topological polar surface area (TPSA) is 46.5 Å². The molecule has 120 valence electrons. The molecule has 0 spiro atoms. The lowest BCUT2D eigenvalue weighted by Crippen LogP contribution is -2.06. The SMILES string of the molecule is COC(=O)/C(=C/CO)c1cc(Sc2ccc(Cl)cc2)ccc1C. The van der Waals surface area contributed by atoms with Crippen molar-refractivity contribution in [2.45, 2.75) is 16.7 Å². The van der Waals surface area contributed by atoms with E-state index in [2.05, 4.69) is 0 Å². The molecule has 1 N–H and O–H groups in total. The van der Waals surface area contributed by atoms with E-state index in [1.165, 1.54) is 13.2 Å². The summed E-state index contributed by atoms with van der Waals surface area (Å²) in [5.41, 5.74) is 2.06. The minimum Gasteiger partial charge on any atom is -0.465 e. The van der Waals surface area contributed by atoms with Crippen molar-refractivity contribution in [2.24, 2.45) is 0 Å². The van der Waals surface area contributed by atoms with Gasteiger partial charge in [-0.15, -0.1) is 0 Å². The third kappa shape index (κ3) is 4.61. The number of benzene rings is 2. The summed E-state index contributed by atoms with van der Waals surface area (Å²) in [6, 6.07) is 13.4. The van der Waals surface area contributed by atoms with Crippen LogP contribution < -0.4 is 0 Å². The zero-order chi connectivity index (χ0) is 16.8. The van der Waals surface area contributed by atoms with Crippen LogP contribution in [0, 0.1) is 6.92 Å². The predicted molar refractivity (Wildman–Crippen MR) is 93.8 cm³/mol. The Kier molecular flexibility index (Phi) is 6.28. The van der Waals surface area contributed by atoms with E-state index in [0.29, 0.717) is 10.6 Å². The smallest absolute Gasteiger partial charge is 0.338 e. The summed E-state index contributed by atoms with van der Waals surface area (Å²) in [6.45, 7) is 1.69. The normalized spacial score (nSPS) is 11.4. The van der Waals surface area contributed by atoms with Gasteiger partial charge in [0.15, 0.2) is 0 Å². The number of hydrogen-bond donors (Lipinski definition) is 1. The monoisotopic (exact) mass is 348 g/mol. The maximum absolute atomic E-state index is 11.9. The minimum atomic E-state index is -0.462. The first kappa shape index (κ1) is 17.6. The molecule has 0 atom stereocenters. The maximum Gasteiger partial charge on any atom is 0.338 e. The number of aliphatic hydroxyl groups excluding tert-OH is 1. The molecule has 0 radical (unpaired) electrons. The van der Waals surface area contributed by atoms with Gasteiger partial charge in [0.05, 0.1) is 19.3 Å². The number of hydrogen-bond acceptors (Lipinski definition) is 4. The molecule has 5 heteroatoms. The third-order valence-electron chi connectivity index (χ3n) is 3.25. The van der Waals surface area contributed by atoms with Crippen LogP contribution in [0.5, 0.6) is 0 Å². The number of esters is 1. The number of methoxy groups -OCH3 is 1. The molecule has 0 unspecified atom stereocenters. The van der Waals surface area contributed by atoms with Crippen LogP contribution in [0.1, 0.15) is 11.1 Å². The molecule has 0 aromatic heterocycles. The second-order valence-corrected chi connectivity index (χ2v) is 6.41. The van der Waals surface area contributed by atoms with E-state index in [-0.39, 0.29) is 6.61 Å². The Labute approximate surface area is 144 Å². The lowest BCUT2D eigenvalue weighted by molar-refractivity contribution is -0.133. The van der Waals surface area contributed by atoms with Gasteiger partial charge in [-0.25, -0.2) is 4.79 Å². The number of carbonyl (C=O) groups is 1. The Bertz CT molecular complexity index is 724. The molecule has 2 rings (SSSR count). The van der Waals surface area contributed by atoms with Crippen molar-refractivity contribution < 1.29 is 14.6 Å². The molecule has 0 aliphatic rings. The van der Waals surface area contributed by atoms with Gasteiger partial charge in [-0.1, -0.05) is 29.4 Å². The number of halogens is 1. The van der Waals surface area contributed by atoms with Gasteiger partial charge < -0.3 is 9.84 Å². The van der Waals surface area contributed by atoms with Crippen molar-refractivity contribution >= 4 is 34.9 Å². The summed E-state index contributed by atoms with van der Waals surface area (Å²) in [5.74, 6) is -0.462. The summed E-state index contributed by atoms with van der Waals surface area (Å²) >= 11 is 7.47. The van der Waals surface area contributed by atoms with Gasteiger partial charge in [0, 0.05) is 14.8 Å². The molecule has 0 aliphatic carbocycles. The van der Waals surface area contributed by atoms with Crippen molar-refractivity contribution in [1.29, 1.82) is 0 Å². The fourth-order valence-corrected chi connectivity index (χ4v) is 3.08. The second-order valence-electron chi connectivity index (χ2n) is 4.82. The molecule has 0 heterocycles. The van der Waals surface area contributed by atoms with E-state index in [9.17, 15) is 4.79 Å². The van der Waals surface area contributed by atoms with Crippen LogP contribution >= 0.6 is 23.4 Å². The standard InChI is InChI=1S/C18H17ClO3S/c1-12-3-6-15(23-14-7-4-13(19)5-8-14)11-17(12)16(9-10-20)18(21)22-2/h3-9,11,20H,10H2,1-2H3/b16-9+. The molecule has 0 saturated heterocycles. The molecule has 2 aromatic carbocycles. The van der Waals surface area contributed by atoms with Crippen LogP contribution in [0.25, 0.3) is 5.57 Å². The summed E-state index contributed by atoms with van der Waals surface area (Å²) in [6.07, 6.45) is 1.46. The van der Waals surface area contributed by atoms with E-state index in [4.69, 9.17) is 21.4 Å². The zero-order valence-electron chi connectivity index (χ0n) is 12.9. The molecule has 3 nitrogen and oxygen atoms in total. The molecular formula is C18H17ClO3S. The third-order valence-corrected chi connectivity index (χ3v) is 4.50. The van der Waals surface area contributed by atoms with E-state index in [1.807, 2.05) is 49.4 Å². The number of rotatable bonds is 5. The van der Waals surface area contributed by atoms with Gasteiger partial charge >= 0.3 is 5.97 Å². The van der Waals surface area contributed by atoms with Crippen LogP contribution in [0.4, 0.5) is 0 Å². The Morgan fingerprint density at radius 2 is 1.87 bits per heavy atom. The highest BCUT2D eigenvalue weighted by molar-refractivity contribution is 7.99. The number of aliphatic hydroxyl groups is 1.